The number of amides is 1. The number of anilines is 1. The van der Waals surface area contributed by atoms with Gasteiger partial charge in [-0.15, -0.1) is 0 Å². The Morgan fingerprint density at radius 3 is 2.43 bits per heavy atom. The fourth-order valence-electron chi connectivity index (χ4n) is 3.27. The number of fused-ring (bicyclic) bond motifs is 1. The van der Waals surface area contributed by atoms with Crippen LogP contribution in [0.4, 0.5) is 5.69 Å². The minimum atomic E-state index is -4.03. The van der Waals surface area contributed by atoms with Gasteiger partial charge in [-0.1, -0.05) is 17.7 Å². The summed E-state index contributed by atoms with van der Waals surface area (Å²) in [4.78, 5) is 12.8. The van der Waals surface area contributed by atoms with Crippen LogP contribution in [0.5, 0.6) is 17.2 Å². The first-order valence-electron chi connectivity index (χ1n) is 10.4. The van der Waals surface area contributed by atoms with Crippen molar-refractivity contribution in [1.29, 1.82) is 0 Å². The molecule has 11 heteroatoms. The van der Waals surface area contributed by atoms with Crippen molar-refractivity contribution in [2.45, 2.75) is 11.8 Å². The molecular weight excluding hydrogens is 538 g/mol. The zero-order valence-electron chi connectivity index (χ0n) is 18.9. The summed E-state index contributed by atoms with van der Waals surface area (Å²) < 4.78 is 44.4. The third-order valence-electron chi connectivity index (χ3n) is 5.14. The summed E-state index contributed by atoms with van der Waals surface area (Å²) >= 11 is 3.42. The first-order chi connectivity index (χ1) is 16.8. The first-order valence-corrected chi connectivity index (χ1v) is 12.7. The van der Waals surface area contributed by atoms with Crippen LogP contribution in [-0.4, -0.2) is 41.0 Å². The second-order valence-corrected chi connectivity index (χ2v) is 10.3. The summed E-state index contributed by atoms with van der Waals surface area (Å²) in [6.07, 6.45) is 1.43. The molecule has 0 aromatic heterocycles. The van der Waals surface area contributed by atoms with Crippen LogP contribution >= 0.6 is 15.9 Å². The molecule has 1 heterocycles. The molecule has 0 saturated carbocycles. The van der Waals surface area contributed by atoms with Gasteiger partial charge in [-0.25, -0.2) is 13.8 Å². The van der Waals surface area contributed by atoms with E-state index in [1.165, 1.54) is 25.5 Å². The number of ether oxygens (including phenoxy) is 3. The van der Waals surface area contributed by atoms with Crippen molar-refractivity contribution in [3.8, 4) is 17.2 Å². The van der Waals surface area contributed by atoms with Crippen LogP contribution in [0.25, 0.3) is 0 Å². The molecule has 0 saturated heterocycles. The lowest BCUT2D eigenvalue weighted by Crippen LogP contribution is -2.39. The number of hydrazone groups is 1. The van der Waals surface area contributed by atoms with Crippen molar-refractivity contribution in [2.24, 2.45) is 5.10 Å². The molecule has 3 aromatic carbocycles. The largest absolute Gasteiger partial charge is 0.497 e. The maximum Gasteiger partial charge on any atom is 0.264 e. The van der Waals surface area contributed by atoms with E-state index in [1.807, 2.05) is 6.92 Å². The predicted octanol–water partition coefficient (Wildman–Crippen LogP) is 3.84. The fourth-order valence-corrected chi connectivity index (χ4v) is 5.12. The van der Waals surface area contributed by atoms with Crippen LogP contribution in [-0.2, 0) is 14.8 Å². The Labute approximate surface area is 211 Å². The monoisotopic (exact) mass is 559 g/mol. The van der Waals surface area contributed by atoms with Crippen molar-refractivity contribution < 1.29 is 27.4 Å². The molecule has 1 aliphatic heterocycles. The molecule has 1 N–H and O–H groups in total. The molecule has 4 rings (SSSR count). The quantitative estimate of drug-likeness (QED) is 0.332. The van der Waals surface area contributed by atoms with Gasteiger partial charge in [0.15, 0.2) is 11.5 Å². The Hall–Kier alpha value is -3.57. The lowest BCUT2D eigenvalue weighted by Gasteiger charge is -2.24. The zero-order chi connectivity index (χ0) is 25.0. The highest BCUT2D eigenvalue weighted by Crippen LogP contribution is 2.36. The SMILES string of the molecule is COc1ccc(N(CC(=O)N/N=C\c2cc3c(cc2Br)OCO3)S(=O)(=O)c2ccc(C)cc2)cc1. The van der Waals surface area contributed by atoms with Gasteiger partial charge in [-0.05, 0) is 71.4 Å². The highest BCUT2D eigenvalue weighted by molar-refractivity contribution is 9.10. The van der Waals surface area contributed by atoms with E-state index in [2.05, 4.69) is 26.5 Å². The number of halogens is 1. The van der Waals surface area contributed by atoms with Crippen LogP contribution in [0, 0.1) is 6.92 Å². The number of sulfonamides is 1. The van der Waals surface area contributed by atoms with Gasteiger partial charge < -0.3 is 14.2 Å². The van der Waals surface area contributed by atoms with Gasteiger partial charge >= 0.3 is 0 Å². The van der Waals surface area contributed by atoms with E-state index in [9.17, 15) is 13.2 Å². The number of hydrogen-bond donors (Lipinski definition) is 1. The van der Waals surface area contributed by atoms with Crippen molar-refractivity contribution in [3.63, 3.8) is 0 Å². The predicted molar refractivity (Wildman–Crippen MR) is 135 cm³/mol. The van der Waals surface area contributed by atoms with Gasteiger partial charge in [0.25, 0.3) is 15.9 Å². The van der Waals surface area contributed by atoms with Crippen molar-refractivity contribution >= 4 is 43.8 Å². The third kappa shape index (κ3) is 5.57. The number of carbonyl (C=O) groups is 1. The highest BCUT2D eigenvalue weighted by atomic mass is 79.9. The second-order valence-electron chi connectivity index (χ2n) is 7.54. The summed E-state index contributed by atoms with van der Waals surface area (Å²) in [5.41, 5.74) is 4.26. The molecule has 182 valence electrons. The van der Waals surface area contributed by atoms with Crippen LogP contribution in [0.3, 0.4) is 0 Å². The van der Waals surface area contributed by atoms with E-state index < -0.39 is 22.5 Å². The van der Waals surface area contributed by atoms with E-state index >= 15 is 0 Å². The number of aryl methyl sites for hydroxylation is 1. The van der Waals surface area contributed by atoms with Crippen LogP contribution in [0.15, 0.2) is 75.1 Å². The van der Waals surface area contributed by atoms with E-state index in [0.717, 1.165) is 9.87 Å². The van der Waals surface area contributed by atoms with E-state index in [1.54, 1.807) is 48.5 Å². The van der Waals surface area contributed by atoms with Gasteiger partial charge in [0.05, 0.1) is 23.9 Å². The maximum atomic E-state index is 13.4. The van der Waals surface area contributed by atoms with Gasteiger partial charge in [0.2, 0.25) is 6.79 Å². The maximum absolute atomic E-state index is 13.4. The molecule has 35 heavy (non-hydrogen) atoms. The topological polar surface area (TPSA) is 107 Å². The average molecular weight is 560 g/mol. The number of rotatable bonds is 8. The Morgan fingerprint density at radius 1 is 1.11 bits per heavy atom. The number of benzene rings is 3. The molecule has 0 fully saturated rings. The molecule has 0 aliphatic carbocycles. The van der Waals surface area contributed by atoms with E-state index in [4.69, 9.17) is 14.2 Å². The Bertz CT molecular complexity index is 1360. The van der Waals surface area contributed by atoms with Gasteiger partial charge in [-0.2, -0.15) is 5.10 Å². The molecule has 9 nitrogen and oxygen atoms in total. The summed E-state index contributed by atoms with van der Waals surface area (Å²) in [5, 5.41) is 3.98. The summed E-state index contributed by atoms with van der Waals surface area (Å²) in [6, 6.07) is 16.3. The van der Waals surface area contributed by atoms with Crippen molar-refractivity contribution in [1.82, 2.24) is 5.43 Å². The highest BCUT2D eigenvalue weighted by Gasteiger charge is 2.27. The number of nitrogens with zero attached hydrogens (tertiary/aromatic N) is 2. The van der Waals surface area contributed by atoms with Crippen molar-refractivity contribution in [3.05, 3.63) is 76.3 Å². The molecule has 1 amide bonds. The molecular formula is C24H22BrN3O6S. The molecule has 0 bridgehead atoms. The number of methoxy groups -OCH3 is 1. The minimum absolute atomic E-state index is 0.0690. The molecule has 0 radical (unpaired) electrons. The zero-order valence-corrected chi connectivity index (χ0v) is 21.3. The molecule has 1 aliphatic rings. The minimum Gasteiger partial charge on any atom is -0.497 e. The number of nitrogens with one attached hydrogen (secondary N) is 1. The number of carbonyl (C=O) groups excluding carboxylic acids is 1. The summed E-state index contributed by atoms with van der Waals surface area (Å²) in [5.74, 6) is 1.11. The molecule has 0 atom stereocenters. The smallest absolute Gasteiger partial charge is 0.264 e. The third-order valence-corrected chi connectivity index (χ3v) is 7.62. The normalized spacial score (nSPS) is 12.5. The van der Waals surface area contributed by atoms with Crippen LogP contribution < -0.4 is 23.9 Å². The first kappa shape index (κ1) is 24.6. The molecule has 3 aromatic rings. The Balaban J connectivity index is 1.55. The molecule has 0 spiro atoms. The van der Waals surface area contributed by atoms with E-state index in [-0.39, 0.29) is 11.7 Å². The Kier molecular flexibility index (Phi) is 7.27. The lowest BCUT2D eigenvalue weighted by atomic mass is 10.2. The van der Waals surface area contributed by atoms with Gasteiger partial charge in [0, 0.05) is 10.0 Å². The number of hydrogen-bond acceptors (Lipinski definition) is 7. The summed E-state index contributed by atoms with van der Waals surface area (Å²) in [6.45, 7) is 1.51. The van der Waals surface area contributed by atoms with Crippen molar-refractivity contribution in [2.75, 3.05) is 24.8 Å². The van der Waals surface area contributed by atoms with Crippen LogP contribution in [0.1, 0.15) is 11.1 Å². The Morgan fingerprint density at radius 2 is 1.77 bits per heavy atom. The van der Waals surface area contributed by atoms with E-state index in [0.29, 0.717) is 33.0 Å². The molecule has 0 unspecified atom stereocenters. The van der Waals surface area contributed by atoms with Crippen LogP contribution in [0.2, 0.25) is 0 Å². The fraction of sp³-hybridized carbons (Fsp3) is 0.167. The standard InChI is InChI=1S/C24H22BrN3O6S/c1-16-3-9-20(10-4-16)35(30,31)28(18-5-7-19(32-2)8-6-18)14-24(29)27-26-13-17-11-22-23(12-21(17)25)34-15-33-22/h3-13H,14-15H2,1-2H3,(H,27,29)/b26-13-. The second kappa shape index (κ2) is 10.4. The lowest BCUT2D eigenvalue weighted by molar-refractivity contribution is -0.119. The van der Waals surface area contributed by atoms with Gasteiger partial charge in [0.1, 0.15) is 12.3 Å². The summed E-state index contributed by atoms with van der Waals surface area (Å²) in [7, 11) is -2.52. The van der Waals surface area contributed by atoms with Gasteiger partial charge in [-0.3, -0.25) is 9.10 Å². The average Bonchev–Trinajstić information content (AvgIpc) is 3.30.